The molecule has 0 aromatic carbocycles. The molecule has 0 aliphatic carbocycles. The van der Waals surface area contributed by atoms with Crippen LogP contribution in [0.2, 0.25) is 0 Å². The number of rotatable bonds is 1. The minimum atomic E-state index is 0.650. The second-order valence-corrected chi connectivity index (χ2v) is 3.92. The standard InChI is InChI=1S/C10H9BrN2O/c1-6-3-8-9(13-10(6)14-2)4-7(11)5-12-8/h3-5H,1-2H3. The summed E-state index contributed by atoms with van der Waals surface area (Å²) in [4.78, 5) is 8.59. The van der Waals surface area contributed by atoms with Crippen LogP contribution >= 0.6 is 15.9 Å². The maximum atomic E-state index is 5.14. The molecule has 2 rings (SSSR count). The lowest BCUT2D eigenvalue weighted by Gasteiger charge is -2.04. The van der Waals surface area contributed by atoms with Gasteiger partial charge in [-0.3, -0.25) is 4.98 Å². The Morgan fingerprint density at radius 1 is 1.29 bits per heavy atom. The van der Waals surface area contributed by atoms with Crippen molar-refractivity contribution >= 4 is 27.0 Å². The summed E-state index contributed by atoms with van der Waals surface area (Å²) in [6.07, 6.45) is 1.76. The number of methoxy groups -OCH3 is 1. The normalized spacial score (nSPS) is 10.5. The number of halogens is 1. The van der Waals surface area contributed by atoms with Crippen LogP contribution in [0.4, 0.5) is 0 Å². The van der Waals surface area contributed by atoms with E-state index in [1.807, 2.05) is 19.1 Å². The van der Waals surface area contributed by atoms with E-state index in [1.165, 1.54) is 0 Å². The molecule has 0 aliphatic rings. The third kappa shape index (κ3) is 1.57. The largest absolute Gasteiger partial charge is 0.481 e. The number of aryl methyl sites for hydroxylation is 1. The van der Waals surface area contributed by atoms with E-state index in [1.54, 1.807) is 13.3 Å². The lowest BCUT2D eigenvalue weighted by atomic mass is 10.2. The highest BCUT2D eigenvalue weighted by atomic mass is 79.9. The molecule has 2 aromatic rings. The summed E-state index contributed by atoms with van der Waals surface area (Å²) < 4.78 is 6.06. The van der Waals surface area contributed by atoms with Gasteiger partial charge in [-0.25, -0.2) is 4.98 Å². The summed E-state index contributed by atoms with van der Waals surface area (Å²) >= 11 is 3.35. The summed E-state index contributed by atoms with van der Waals surface area (Å²) in [6.45, 7) is 1.95. The summed E-state index contributed by atoms with van der Waals surface area (Å²) in [6, 6.07) is 3.89. The second kappa shape index (κ2) is 3.53. The molecule has 2 heterocycles. The number of ether oxygens (including phenoxy) is 1. The van der Waals surface area contributed by atoms with Crippen molar-refractivity contribution in [3.05, 3.63) is 28.4 Å². The van der Waals surface area contributed by atoms with E-state index in [9.17, 15) is 0 Å². The van der Waals surface area contributed by atoms with E-state index in [-0.39, 0.29) is 0 Å². The minimum absolute atomic E-state index is 0.650. The third-order valence-electron chi connectivity index (χ3n) is 1.97. The Kier molecular flexibility index (Phi) is 2.37. The van der Waals surface area contributed by atoms with Crippen LogP contribution in [-0.2, 0) is 0 Å². The first kappa shape index (κ1) is 9.40. The van der Waals surface area contributed by atoms with Crippen LogP contribution in [0.25, 0.3) is 11.0 Å². The lowest BCUT2D eigenvalue weighted by Crippen LogP contribution is -1.93. The minimum Gasteiger partial charge on any atom is -0.481 e. The molecule has 0 atom stereocenters. The van der Waals surface area contributed by atoms with E-state index in [0.29, 0.717) is 5.88 Å². The van der Waals surface area contributed by atoms with Gasteiger partial charge in [-0.2, -0.15) is 0 Å². The zero-order valence-corrected chi connectivity index (χ0v) is 9.50. The highest BCUT2D eigenvalue weighted by Crippen LogP contribution is 2.21. The maximum Gasteiger partial charge on any atom is 0.216 e. The van der Waals surface area contributed by atoms with Crippen molar-refractivity contribution in [3.8, 4) is 5.88 Å². The summed E-state index contributed by atoms with van der Waals surface area (Å²) in [5.41, 5.74) is 2.71. The maximum absolute atomic E-state index is 5.14. The molecular weight excluding hydrogens is 244 g/mol. The average Bonchev–Trinajstić information content (AvgIpc) is 2.17. The van der Waals surface area contributed by atoms with Gasteiger partial charge >= 0.3 is 0 Å². The van der Waals surface area contributed by atoms with Crippen LogP contribution in [0.3, 0.4) is 0 Å². The Morgan fingerprint density at radius 3 is 2.79 bits per heavy atom. The Hall–Kier alpha value is -1.16. The number of aromatic nitrogens is 2. The van der Waals surface area contributed by atoms with Gasteiger partial charge in [0.2, 0.25) is 5.88 Å². The molecule has 0 amide bonds. The van der Waals surface area contributed by atoms with E-state index in [2.05, 4.69) is 25.9 Å². The highest BCUT2D eigenvalue weighted by molar-refractivity contribution is 9.10. The predicted octanol–water partition coefficient (Wildman–Crippen LogP) is 2.71. The molecular formula is C10H9BrN2O. The summed E-state index contributed by atoms with van der Waals surface area (Å²) in [5, 5.41) is 0. The van der Waals surface area contributed by atoms with Crippen LogP contribution in [0.5, 0.6) is 5.88 Å². The van der Waals surface area contributed by atoms with Crippen molar-refractivity contribution in [3.63, 3.8) is 0 Å². The molecule has 0 spiro atoms. The Labute approximate surface area is 90.3 Å². The number of nitrogens with zero attached hydrogens (tertiary/aromatic N) is 2. The Morgan fingerprint density at radius 2 is 2.07 bits per heavy atom. The van der Waals surface area contributed by atoms with Gasteiger partial charge in [-0.15, -0.1) is 0 Å². The first-order valence-electron chi connectivity index (χ1n) is 4.17. The topological polar surface area (TPSA) is 35.0 Å². The highest BCUT2D eigenvalue weighted by Gasteiger charge is 2.04. The van der Waals surface area contributed by atoms with Crippen molar-refractivity contribution < 1.29 is 4.74 Å². The SMILES string of the molecule is COc1nc2cc(Br)cnc2cc1C. The summed E-state index contributed by atoms with van der Waals surface area (Å²) in [7, 11) is 1.62. The van der Waals surface area contributed by atoms with Crippen molar-refractivity contribution in [1.29, 1.82) is 0 Å². The smallest absolute Gasteiger partial charge is 0.216 e. The van der Waals surface area contributed by atoms with E-state index < -0.39 is 0 Å². The van der Waals surface area contributed by atoms with Gasteiger partial charge in [0.25, 0.3) is 0 Å². The fraction of sp³-hybridized carbons (Fsp3) is 0.200. The molecule has 0 saturated carbocycles. The fourth-order valence-corrected chi connectivity index (χ4v) is 1.63. The predicted molar refractivity (Wildman–Crippen MR) is 58.5 cm³/mol. The van der Waals surface area contributed by atoms with Gasteiger partial charge in [0, 0.05) is 16.2 Å². The van der Waals surface area contributed by atoms with Crippen LogP contribution in [-0.4, -0.2) is 17.1 Å². The molecule has 0 N–H and O–H groups in total. The van der Waals surface area contributed by atoms with Crippen molar-refractivity contribution in [2.75, 3.05) is 7.11 Å². The van der Waals surface area contributed by atoms with Crippen LogP contribution < -0.4 is 4.74 Å². The Bertz CT molecular complexity index is 485. The molecule has 0 radical (unpaired) electrons. The van der Waals surface area contributed by atoms with Gasteiger partial charge in [0.05, 0.1) is 18.1 Å². The summed E-state index contributed by atoms with van der Waals surface area (Å²) in [5.74, 6) is 0.650. The molecule has 3 nitrogen and oxygen atoms in total. The van der Waals surface area contributed by atoms with E-state index >= 15 is 0 Å². The van der Waals surface area contributed by atoms with Gasteiger partial charge in [0.15, 0.2) is 0 Å². The first-order chi connectivity index (χ1) is 6.70. The molecule has 14 heavy (non-hydrogen) atoms. The number of hydrogen-bond acceptors (Lipinski definition) is 3. The van der Waals surface area contributed by atoms with Gasteiger partial charge in [0.1, 0.15) is 0 Å². The monoisotopic (exact) mass is 252 g/mol. The molecule has 0 bridgehead atoms. The molecule has 0 aliphatic heterocycles. The van der Waals surface area contributed by atoms with Crippen LogP contribution in [0.1, 0.15) is 5.56 Å². The van der Waals surface area contributed by atoms with Crippen LogP contribution in [0, 0.1) is 6.92 Å². The van der Waals surface area contributed by atoms with E-state index in [4.69, 9.17) is 4.74 Å². The van der Waals surface area contributed by atoms with Crippen molar-refractivity contribution in [2.24, 2.45) is 0 Å². The quantitative estimate of drug-likeness (QED) is 0.783. The van der Waals surface area contributed by atoms with Crippen LogP contribution in [0.15, 0.2) is 22.8 Å². The fourth-order valence-electron chi connectivity index (χ4n) is 1.31. The molecule has 0 fully saturated rings. The third-order valence-corrected chi connectivity index (χ3v) is 2.40. The van der Waals surface area contributed by atoms with Crippen molar-refractivity contribution in [1.82, 2.24) is 9.97 Å². The van der Waals surface area contributed by atoms with Crippen molar-refractivity contribution in [2.45, 2.75) is 6.92 Å². The lowest BCUT2D eigenvalue weighted by molar-refractivity contribution is 0.396. The zero-order valence-electron chi connectivity index (χ0n) is 7.91. The second-order valence-electron chi connectivity index (χ2n) is 3.01. The molecule has 72 valence electrons. The zero-order chi connectivity index (χ0) is 10.1. The number of hydrogen-bond donors (Lipinski definition) is 0. The first-order valence-corrected chi connectivity index (χ1v) is 4.97. The average molecular weight is 253 g/mol. The van der Waals surface area contributed by atoms with Gasteiger partial charge in [-0.05, 0) is 35.0 Å². The number of fused-ring (bicyclic) bond motifs is 1. The van der Waals surface area contributed by atoms with Gasteiger partial charge in [-0.1, -0.05) is 0 Å². The number of pyridine rings is 2. The molecule has 2 aromatic heterocycles. The molecule has 4 heteroatoms. The Balaban J connectivity index is 2.73. The van der Waals surface area contributed by atoms with E-state index in [0.717, 1.165) is 21.1 Å². The van der Waals surface area contributed by atoms with Gasteiger partial charge < -0.3 is 4.74 Å². The molecule has 0 unspecified atom stereocenters. The molecule has 0 saturated heterocycles.